The fraction of sp³-hybridized carbons (Fsp3) is 0.312. The average molecular weight is 305 g/mol. The SMILES string of the molecule is C[C@@H](C(=O)NCCc1ccc2ccccc2c1)S(C)(=O)=O. The van der Waals surface area contributed by atoms with Crippen molar-refractivity contribution in [3.63, 3.8) is 0 Å². The van der Waals surface area contributed by atoms with Crippen LogP contribution in [0, 0.1) is 0 Å². The molecule has 0 heterocycles. The lowest BCUT2D eigenvalue weighted by atomic mass is 10.1. The summed E-state index contributed by atoms with van der Waals surface area (Å²) in [6, 6.07) is 14.2. The van der Waals surface area contributed by atoms with E-state index in [1.807, 2.05) is 30.3 Å². The third-order valence-corrected chi connectivity index (χ3v) is 5.04. The van der Waals surface area contributed by atoms with Gasteiger partial charge in [0.1, 0.15) is 5.25 Å². The summed E-state index contributed by atoms with van der Waals surface area (Å²) in [6.45, 7) is 1.83. The molecular formula is C16H19NO3S. The fourth-order valence-corrected chi connectivity index (χ4v) is 2.53. The zero-order chi connectivity index (χ0) is 15.5. The number of fused-ring (bicyclic) bond motifs is 1. The van der Waals surface area contributed by atoms with E-state index in [-0.39, 0.29) is 0 Å². The molecule has 0 aliphatic heterocycles. The number of hydrogen-bond acceptors (Lipinski definition) is 3. The molecule has 1 N–H and O–H groups in total. The lowest BCUT2D eigenvalue weighted by Gasteiger charge is -2.10. The average Bonchev–Trinajstić information content (AvgIpc) is 2.45. The molecule has 0 radical (unpaired) electrons. The van der Waals surface area contributed by atoms with Crippen LogP contribution < -0.4 is 5.32 Å². The first-order chi connectivity index (χ1) is 9.88. The molecular weight excluding hydrogens is 286 g/mol. The molecule has 2 aromatic rings. The van der Waals surface area contributed by atoms with E-state index in [0.717, 1.165) is 17.2 Å². The summed E-state index contributed by atoms with van der Waals surface area (Å²) in [7, 11) is -3.34. The monoisotopic (exact) mass is 305 g/mol. The number of amides is 1. The smallest absolute Gasteiger partial charge is 0.238 e. The topological polar surface area (TPSA) is 63.2 Å². The molecule has 0 unspecified atom stereocenters. The first kappa shape index (κ1) is 15.5. The maximum absolute atomic E-state index is 11.7. The van der Waals surface area contributed by atoms with Gasteiger partial charge in [-0.15, -0.1) is 0 Å². The molecule has 0 saturated heterocycles. The van der Waals surface area contributed by atoms with Gasteiger partial charge in [-0.1, -0.05) is 42.5 Å². The van der Waals surface area contributed by atoms with Gasteiger partial charge in [-0.2, -0.15) is 0 Å². The number of sulfone groups is 1. The summed E-state index contributed by atoms with van der Waals surface area (Å²) in [5, 5.41) is 4.00. The van der Waals surface area contributed by atoms with E-state index >= 15 is 0 Å². The minimum atomic E-state index is -3.34. The molecule has 1 amide bonds. The Labute approximate surface area is 125 Å². The molecule has 2 rings (SSSR count). The number of rotatable bonds is 5. The van der Waals surface area contributed by atoms with Crippen molar-refractivity contribution in [1.82, 2.24) is 5.32 Å². The number of benzene rings is 2. The van der Waals surface area contributed by atoms with Crippen LogP contribution in [0.25, 0.3) is 10.8 Å². The second-order valence-corrected chi connectivity index (χ2v) is 7.56. The van der Waals surface area contributed by atoms with Gasteiger partial charge in [-0.3, -0.25) is 4.79 Å². The van der Waals surface area contributed by atoms with Crippen molar-refractivity contribution >= 4 is 26.5 Å². The maximum atomic E-state index is 11.7. The Hall–Kier alpha value is -1.88. The van der Waals surface area contributed by atoms with Crippen molar-refractivity contribution in [1.29, 1.82) is 0 Å². The fourth-order valence-electron chi connectivity index (χ4n) is 2.06. The van der Waals surface area contributed by atoms with Crippen LogP contribution in [0.15, 0.2) is 42.5 Å². The molecule has 1 atom stereocenters. The molecule has 4 nitrogen and oxygen atoms in total. The van der Waals surface area contributed by atoms with Crippen molar-refractivity contribution in [2.24, 2.45) is 0 Å². The Morgan fingerprint density at radius 2 is 1.81 bits per heavy atom. The highest BCUT2D eigenvalue weighted by atomic mass is 32.2. The highest BCUT2D eigenvalue weighted by Crippen LogP contribution is 2.15. The second-order valence-electron chi connectivity index (χ2n) is 5.19. The zero-order valence-corrected chi connectivity index (χ0v) is 13.0. The van der Waals surface area contributed by atoms with Crippen molar-refractivity contribution in [3.05, 3.63) is 48.0 Å². The minimum absolute atomic E-state index is 0.428. The van der Waals surface area contributed by atoms with Crippen LogP contribution in [0.1, 0.15) is 12.5 Å². The Bertz CT molecular complexity index is 753. The molecule has 112 valence electrons. The molecule has 0 spiro atoms. The van der Waals surface area contributed by atoms with E-state index in [0.29, 0.717) is 13.0 Å². The van der Waals surface area contributed by atoms with Gasteiger partial charge in [0.25, 0.3) is 0 Å². The number of carbonyl (C=O) groups excluding carboxylic acids is 1. The predicted molar refractivity (Wildman–Crippen MR) is 85.0 cm³/mol. The van der Waals surface area contributed by atoms with Crippen LogP contribution in [-0.2, 0) is 21.1 Å². The van der Waals surface area contributed by atoms with Gasteiger partial charge < -0.3 is 5.32 Å². The highest BCUT2D eigenvalue weighted by molar-refractivity contribution is 7.92. The normalized spacial score (nSPS) is 13.0. The van der Waals surface area contributed by atoms with Gasteiger partial charge in [0.15, 0.2) is 9.84 Å². The van der Waals surface area contributed by atoms with Gasteiger partial charge >= 0.3 is 0 Å². The minimum Gasteiger partial charge on any atom is -0.355 e. The molecule has 0 bridgehead atoms. The molecule has 0 fully saturated rings. The maximum Gasteiger partial charge on any atom is 0.238 e. The van der Waals surface area contributed by atoms with Crippen LogP contribution in [0.3, 0.4) is 0 Å². The summed E-state index contributed by atoms with van der Waals surface area (Å²) in [5.41, 5.74) is 1.11. The van der Waals surface area contributed by atoms with Crippen LogP contribution >= 0.6 is 0 Å². The van der Waals surface area contributed by atoms with E-state index < -0.39 is 21.0 Å². The Kier molecular flexibility index (Phi) is 4.63. The molecule has 2 aromatic carbocycles. The van der Waals surface area contributed by atoms with Gasteiger partial charge in [-0.25, -0.2) is 8.42 Å². The Balaban J connectivity index is 1.95. The predicted octanol–water partition coefficient (Wildman–Crippen LogP) is 1.93. The van der Waals surface area contributed by atoms with Gasteiger partial charge in [0.2, 0.25) is 5.91 Å². The van der Waals surface area contributed by atoms with Crippen LogP contribution in [0.2, 0.25) is 0 Å². The summed E-state index contributed by atoms with van der Waals surface area (Å²) in [6.07, 6.45) is 1.74. The van der Waals surface area contributed by atoms with Gasteiger partial charge in [0.05, 0.1) is 0 Å². The van der Waals surface area contributed by atoms with E-state index in [9.17, 15) is 13.2 Å². The third kappa shape index (κ3) is 4.04. The molecule has 0 aliphatic carbocycles. The van der Waals surface area contributed by atoms with Gasteiger partial charge in [0, 0.05) is 12.8 Å². The molecule has 0 aromatic heterocycles. The number of carbonyl (C=O) groups is 1. The zero-order valence-electron chi connectivity index (χ0n) is 12.2. The van der Waals surface area contributed by atoms with Crippen molar-refractivity contribution in [3.8, 4) is 0 Å². The van der Waals surface area contributed by atoms with Crippen molar-refractivity contribution in [2.75, 3.05) is 12.8 Å². The lowest BCUT2D eigenvalue weighted by Crippen LogP contribution is -2.38. The summed E-state index contributed by atoms with van der Waals surface area (Å²) in [5.74, 6) is -0.446. The standard InChI is InChI=1S/C16H19NO3S/c1-12(21(2,19)20)16(18)17-10-9-13-7-8-14-5-3-4-6-15(14)11-13/h3-8,11-12H,9-10H2,1-2H3,(H,17,18)/t12-/m0/s1. The summed E-state index contributed by atoms with van der Waals surface area (Å²) < 4.78 is 22.6. The Morgan fingerprint density at radius 3 is 2.48 bits per heavy atom. The summed E-state index contributed by atoms with van der Waals surface area (Å²) >= 11 is 0. The van der Waals surface area contributed by atoms with E-state index in [4.69, 9.17) is 0 Å². The Morgan fingerprint density at radius 1 is 1.14 bits per heavy atom. The molecule has 5 heteroatoms. The van der Waals surface area contributed by atoms with E-state index in [1.54, 1.807) is 0 Å². The number of nitrogens with one attached hydrogen (secondary N) is 1. The molecule has 21 heavy (non-hydrogen) atoms. The van der Waals surface area contributed by atoms with E-state index in [2.05, 4.69) is 17.4 Å². The number of hydrogen-bond donors (Lipinski definition) is 1. The molecule has 0 saturated carbocycles. The largest absolute Gasteiger partial charge is 0.355 e. The van der Waals surface area contributed by atoms with E-state index in [1.165, 1.54) is 12.3 Å². The molecule has 0 aliphatic rings. The van der Waals surface area contributed by atoms with Crippen LogP contribution in [0.5, 0.6) is 0 Å². The van der Waals surface area contributed by atoms with Gasteiger partial charge in [-0.05, 0) is 29.7 Å². The highest BCUT2D eigenvalue weighted by Gasteiger charge is 2.22. The van der Waals surface area contributed by atoms with Crippen molar-refractivity contribution in [2.45, 2.75) is 18.6 Å². The van der Waals surface area contributed by atoms with Crippen molar-refractivity contribution < 1.29 is 13.2 Å². The first-order valence-electron chi connectivity index (χ1n) is 6.82. The van der Waals surface area contributed by atoms with Crippen LogP contribution in [-0.4, -0.2) is 32.4 Å². The first-order valence-corrected chi connectivity index (χ1v) is 8.77. The lowest BCUT2D eigenvalue weighted by molar-refractivity contribution is -0.120. The second kappa shape index (κ2) is 6.26. The quantitative estimate of drug-likeness (QED) is 0.918. The summed E-state index contributed by atoms with van der Waals surface area (Å²) in [4.78, 5) is 11.7. The third-order valence-electron chi connectivity index (χ3n) is 3.54. The van der Waals surface area contributed by atoms with Crippen LogP contribution in [0.4, 0.5) is 0 Å².